The molecule has 3 heterocycles. The van der Waals surface area contributed by atoms with Crippen LogP contribution < -0.4 is 5.56 Å². The third-order valence-corrected chi connectivity index (χ3v) is 4.50. The topological polar surface area (TPSA) is 51.7 Å². The summed E-state index contributed by atoms with van der Waals surface area (Å²) in [5.41, 5.74) is 3.18. The molecular formula is C20H14N4O. The number of pyridine rings is 1. The van der Waals surface area contributed by atoms with Crippen molar-refractivity contribution >= 4 is 21.8 Å². The maximum absolute atomic E-state index is 12.6. The molecule has 0 aliphatic heterocycles. The number of hydrogen-bond acceptors (Lipinski definition) is 3. The zero-order chi connectivity index (χ0) is 17.0. The van der Waals surface area contributed by atoms with Crippen molar-refractivity contribution in [1.29, 1.82) is 0 Å². The highest BCUT2D eigenvalue weighted by Gasteiger charge is 2.16. The molecule has 0 fully saturated rings. The molecule has 2 aromatic carbocycles. The van der Waals surface area contributed by atoms with Crippen molar-refractivity contribution in [3.8, 4) is 11.5 Å². The second-order valence-corrected chi connectivity index (χ2v) is 6.05. The summed E-state index contributed by atoms with van der Waals surface area (Å²) in [5.74, 6) is 0.544. The molecule has 0 amide bonds. The molecule has 0 spiro atoms. The van der Waals surface area contributed by atoms with Gasteiger partial charge in [-0.3, -0.25) is 9.78 Å². The average molecular weight is 326 g/mol. The van der Waals surface area contributed by atoms with Crippen molar-refractivity contribution in [3.63, 3.8) is 0 Å². The molecule has 5 rings (SSSR count). The van der Waals surface area contributed by atoms with E-state index in [2.05, 4.69) is 23.2 Å². The molecule has 25 heavy (non-hydrogen) atoms. The number of fused-ring (bicyclic) bond motifs is 5. The Bertz CT molecular complexity index is 1320. The summed E-state index contributed by atoms with van der Waals surface area (Å²) in [5, 5.41) is 2.17. The van der Waals surface area contributed by atoms with Crippen molar-refractivity contribution in [3.05, 3.63) is 82.9 Å². The lowest BCUT2D eigenvalue weighted by atomic mass is 10.1. The number of aromatic nitrogens is 4. The average Bonchev–Trinajstić information content (AvgIpc) is 2.96. The molecule has 0 N–H and O–H groups in total. The summed E-state index contributed by atoms with van der Waals surface area (Å²) < 4.78 is 3.51. The number of aryl methyl sites for hydroxylation is 1. The van der Waals surface area contributed by atoms with Crippen LogP contribution >= 0.6 is 0 Å². The maximum Gasteiger partial charge on any atom is 0.273 e. The van der Waals surface area contributed by atoms with E-state index in [0.29, 0.717) is 11.5 Å². The third-order valence-electron chi connectivity index (χ3n) is 4.50. The van der Waals surface area contributed by atoms with Gasteiger partial charge in [-0.2, -0.15) is 4.52 Å². The number of hydrogen-bond donors (Lipinski definition) is 0. The summed E-state index contributed by atoms with van der Waals surface area (Å²) in [6.45, 7) is 1.93. The normalized spacial score (nSPS) is 11.6. The van der Waals surface area contributed by atoms with E-state index in [1.807, 2.05) is 47.8 Å². The fourth-order valence-electron chi connectivity index (χ4n) is 3.40. The lowest BCUT2D eigenvalue weighted by Crippen LogP contribution is -2.16. The minimum atomic E-state index is -0.110. The van der Waals surface area contributed by atoms with Gasteiger partial charge >= 0.3 is 0 Å². The molecular weight excluding hydrogens is 312 g/mol. The van der Waals surface area contributed by atoms with Gasteiger partial charge in [0.2, 0.25) is 0 Å². The summed E-state index contributed by atoms with van der Waals surface area (Å²) in [4.78, 5) is 21.8. The molecule has 0 saturated heterocycles. The quantitative estimate of drug-likeness (QED) is 0.443. The molecule has 0 aliphatic rings. The fourth-order valence-corrected chi connectivity index (χ4v) is 3.40. The van der Waals surface area contributed by atoms with Crippen LogP contribution in [0.2, 0.25) is 0 Å². The van der Waals surface area contributed by atoms with Gasteiger partial charge in [0.05, 0.1) is 11.0 Å². The van der Waals surface area contributed by atoms with E-state index in [9.17, 15) is 4.79 Å². The van der Waals surface area contributed by atoms with Crippen LogP contribution in [0, 0.1) is 6.92 Å². The second-order valence-electron chi connectivity index (χ2n) is 6.05. The van der Waals surface area contributed by atoms with E-state index in [0.717, 1.165) is 27.5 Å². The number of benzene rings is 2. The van der Waals surface area contributed by atoms with Crippen LogP contribution in [0.4, 0.5) is 0 Å². The molecule has 0 radical (unpaired) electrons. The predicted molar refractivity (Wildman–Crippen MR) is 97.9 cm³/mol. The summed E-state index contributed by atoms with van der Waals surface area (Å²) in [7, 11) is 0. The Kier molecular flexibility index (Phi) is 2.79. The van der Waals surface area contributed by atoms with Crippen LogP contribution in [0.3, 0.4) is 0 Å². The Morgan fingerprint density at radius 1 is 0.920 bits per heavy atom. The first kappa shape index (κ1) is 13.9. The largest absolute Gasteiger partial charge is 0.273 e. The van der Waals surface area contributed by atoms with E-state index in [1.54, 1.807) is 16.8 Å². The van der Waals surface area contributed by atoms with Gasteiger partial charge in [0.25, 0.3) is 5.56 Å². The Hall–Kier alpha value is -3.47. The first-order chi connectivity index (χ1) is 12.2. The lowest BCUT2D eigenvalue weighted by Gasteiger charge is -2.12. The Labute approximate surface area is 142 Å². The van der Waals surface area contributed by atoms with Crippen molar-refractivity contribution in [1.82, 2.24) is 19.0 Å². The molecule has 0 aliphatic carbocycles. The highest BCUT2D eigenvalue weighted by molar-refractivity contribution is 6.04. The van der Waals surface area contributed by atoms with Gasteiger partial charge in [0.1, 0.15) is 5.69 Å². The summed E-state index contributed by atoms with van der Waals surface area (Å²) in [6, 6.07) is 19.5. The van der Waals surface area contributed by atoms with Gasteiger partial charge in [-0.15, -0.1) is 0 Å². The standard InChI is InChI=1S/C20H14N4O/c1-13-12-18(25)24-20(16-8-4-5-11-21-16)22-19-15-7-3-2-6-14(15)9-10-17(19)23(13)24/h2-12H,1H3. The summed E-state index contributed by atoms with van der Waals surface area (Å²) in [6.07, 6.45) is 1.71. The van der Waals surface area contributed by atoms with E-state index in [1.165, 1.54) is 0 Å². The van der Waals surface area contributed by atoms with Crippen LogP contribution in [0.1, 0.15) is 5.69 Å². The third kappa shape index (κ3) is 1.92. The monoisotopic (exact) mass is 326 g/mol. The smallest absolute Gasteiger partial charge is 0.267 e. The van der Waals surface area contributed by atoms with E-state index in [4.69, 9.17) is 4.98 Å². The minimum absolute atomic E-state index is 0.110. The molecule has 0 atom stereocenters. The van der Waals surface area contributed by atoms with E-state index in [-0.39, 0.29) is 5.56 Å². The van der Waals surface area contributed by atoms with Crippen molar-refractivity contribution < 1.29 is 0 Å². The van der Waals surface area contributed by atoms with Gasteiger partial charge in [-0.05, 0) is 30.5 Å². The Morgan fingerprint density at radius 2 is 1.76 bits per heavy atom. The molecule has 0 unspecified atom stereocenters. The van der Waals surface area contributed by atoms with Crippen LogP contribution in [-0.4, -0.2) is 19.0 Å². The fraction of sp³-hybridized carbons (Fsp3) is 0.0500. The van der Waals surface area contributed by atoms with Gasteiger partial charge in [0.15, 0.2) is 5.82 Å². The van der Waals surface area contributed by atoms with Gasteiger partial charge in [-0.25, -0.2) is 9.50 Å². The molecule has 0 bridgehead atoms. The van der Waals surface area contributed by atoms with Crippen LogP contribution in [0.15, 0.2) is 71.7 Å². The second kappa shape index (κ2) is 5.01. The van der Waals surface area contributed by atoms with Gasteiger partial charge in [0, 0.05) is 23.3 Å². The summed E-state index contributed by atoms with van der Waals surface area (Å²) >= 11 is 0. The van der Waals surface area contributed by atoms with Crippen LogP contribution in [0.25, 0.3) is 33.3 Å². The highest BCUT2D eigenvalue weighted by Crippen LogP contribution is 2.26. The minimum Gasteiger partial charge on any atom is -0.267 e. The first-order valence-corrected chi connectivity index (χ1v) is 8.08. The van der Waals surface area contributed by atoms with E-state index < -0.39 is 0 Å². The van der Waals surface area contributed by atoms with Gasteiger partial charge < -0.3 is 0 Å². The zero-order valence-electron chi connectivity index (χ0n) is 13.5. The van der Waals surface area contributed by atoms with Crippen LogP contribution in [0.5, 0.6) is 0 Å². The number of rotatable bonds is 1. The van der Waals surface area contributed by atoms with Crippen LogP contribution in [-0.2, 0) is 0 Å². The molecule has 3 aromatic heterocycles. The van der Waals surface area contributed by atoms with E-state index >= 15 is 0 Å². The zero-order valence-corrected chi connectivity index (χ0v) is 13.5. The molecule has 5 aromatic rings. The van der Waals surface area contributed by atoms with Gasteiger partial charge in [-0.1, -0.05) is 36.4 Å². The van der Waals surface area contributed by atoms with Crippen molar-refractivity contribution in [2.45, 2.75) is 6.92 Å². The predicted octanol–water partition coefficient (Wildman–Crippen LogP) is 3.47. The number of nitrogens with zero attached hydrogens (tertiary/aromatic N) is 4. The molecule has 5 nitrogen and oxygen atoms in total. The molecule has 5 heteroatoms. The Balaban J connectivity index is 2.08. The Morgan fingerprint density at radius 3 is 2.60 bits per heavy atom. The van der Waals surface area contributed by atoms with Crippen molar-refractivity contribution in [2.75, 3.05) is 0 Å². The van der Waals surface area contributed by atoms with Crippen molar-refractivity contribution in [2.24, 2.45) is 0 Å². The molecule has 0 saturated carbocycles. The molecule has 120 valence electrons. The maximum atomic E-state index is 12.6. The SMILES string of the molecule is Cc1cc(=O)n2c(-c3ccccn3)nc3c4ccccc4ccc3n12. The first-order valence-electron chi connectivity index (χ1n) is 8.08. The lowest BCUT2D eigenvalue weighted by molar-refractivity contribution is 0.789. The highest BCUT2D eigenvalue weighted by atomic mass is 16.1.